The van der Waals surface area contributed by atoms with Crippen molar-refractivity contribution in [1.29, 1.82) is 0 Å². The smallest absolute Gasteiger partial charge is 0.284 e. The monoisotopic (exact) mass is 431 g/mol. The molecule has 11 heteroatoms. The number of aromatic nitrogens is 4. The molecule has 1 aromatic carbocycles. The van der Waals surface area contributed by atoms with Crippen LogP contribution in [0.1, 0.15) is 22.3 Å². The molecule has 4 rings (SSSR count). The van der Waals surface area contributed by atoms with Gasteiger partial charge in [-0.1, -0.05) is 24.3 Å². The van der Waals surface area contributed by atoms with Gasteiger partial charge in [0.2, 0.25) is 0 Å². The Kier molecular flexibility index (Phi) is 5.61. The summed E-state index contributed by atoms with van der Waals surface area (Å²) in [5.41, 5.74) is -0.0509. The molecule has 1 aliphatic heterocycles. The maximum absolute atomic E-state index is 13.0. The predicted molar refractivity (Wildman–Crippen MR) is 105 cm³/mol. The molecule has 1 aliphatic rings. The molecular weight excluding hydrogens is 412 g/mol. The van der Waals surface area contributed by atoms with Crippen molar-refractivity contribution in [3.8, 4) is 16.9 Å². The molecule has 0 spiro atoms. The second-order valence-corrected chi connectivity index (χ2v) is 7.14. The highest BCUT2D eigenvalue weighted by molar-refractivity contribution is 5.95. The zero-order valence-corrected chi connectivity index (χ0v) is 16.4. The van der Waals surface area contributed by atoms with Crippen molar-refractivity contribution in [2.75, 3.05) is 13.2 Å². The van der Waals surface area contributed by atoms with Crippen LogP contribution in [0.4, 0.5) is 8.78 Å². The van der Waals surface area contributed by atoms with Gasteiger partial charge in [-0.15, -0.1) is 0 Å². The summed E-state index contributed by atoms with van der Waals surface area (Å²) in [6.45, 7) is 0.208. The molecule has 162 valence electrons. The minimum Gasteiger partial charge on any atom is -0.388 e. The van der Waals surface area contributed by atoms with Crippen LogP contribution >= 0.6 is 0 Å². The summed E-state index contributed by atoms with van der Waals surface area (Å²) in [7, 11) is 1.66. The lowest BCUT2D eigenvalue weighted by atomic mass is 10.1. The van der Waals surface area contributed by atoms with E-state index in [-0.39, 0.29) is 30.0 Å². The van der Waals surface area contributed by atoms with Crippen LogP contribution in [0.2, 0.25) is 0 Å². The fourth-order valence-electron chi connectivity index (χ4n) is 3.22. The van der Waals surface area contributed by atoms with Gasteiger partial charge < -0.3 is 15.2 Å². The number of aliphatic hydroxyl groups is 1. The number of aliphatic hydroxyl groups excluding tert-OH is 1. The Bertz CT molecular complexity index is 1160. The highest BCUT2D eigenvalue weighted by Crippen LogP contribution is 2.23. The van der Waals surface area contributed by atoms with E-state index in [9.17, 15) is 23.5 Å². The number of nitrogens with zero attached hydrogens (tertiary/aromatic N) is 4. The molecule has 2 atom stereocenters. The Morgan fingerprint density at radius 1 is 1.29 bits per heavy atom. The number of nitrogens with one attached hydrogen (secondary N) is 1. The lowest BCUT2D eigenvalue weighted by Crippen LogP contribution is -2.44. The van der Waals surface area contributed by atoms with Gasteiger partial charge in [-0.3, -0.25) is 14.3 Å². The second kappa shape index (κ2) is 8.36. The number of hydrogen-bond donors (Lipinski definition) is 2. The third-order valence-electron chi connectivity index (χ3n) is 4.92. The zero-order valence-electron chi connectivity index (χ0n) is 16.4. The lowest BCUT2D eigenvalue weighted by molar-refractivity contribution is 0.0884. The lowest BCUT2D eigenvalue weighted by Gasteiger charge is -2.15. The highest BCUT2D eigenvalue weighted by Gasteiger charge is 2.29. The zero-order chi connectivity index (χ0) is 22.1. The van der Waals surface area contributed by atoms with Crippen molar-refractivity contribution in [2.24, 2.45) is 7.05 Å². The third-order valence-corrected chi connectivity index (χ3v) is 4.92. The van der Waals surface area contributed by atoms with Gasteiger partial charge in [0.25, 0.3) is 17.9 Å². The second-order valence-electron chi connectivity index (χ2n) is 7.14. The molecule has 1 saturated heterocycles. The maximum Gasteiger partial charge on any atom is 0.284 e. The summed E-state index contributed by atoms with van der Waals surface area (Å²) >= 11 is 0. The number of carbonyl (C=O) groups excluding carboxylic acids is 1. The fraction of sp³-hybridized carbons (Fsp3) is 0.300. The molecule has 1 fully saturated rings. The first kappa shape index (κ1) is 20.8. The SMILES string of the molecule is Cn1cc(-n2nc(-c3ccc(C(F)F)cc3)cc(C(=O)NC3COCC3O)c2=O)cn1. The summed E-state index contributed by atoms with van der Waals surface area (Å²) in [6, 6.07) is 6.04. The molecule has 2 unspecified atom stereocenters. The molecule has 9 nitrogen and oxygen atoms in total. The van der Waals surface area contributed by atoms with Crippen LogP contribution < -0.4 is 10.9 Å². The van der Waals surface area contributed by atoms with Crippen molar-refractivity contribution in [2.45, 2.75) is 18.6 Å². The van der Waals surface area contributed by atoms with Gasteiger partial charge >= 0.3 is 0 Å². The minimum absolute atomic E-state index is 0.0863. The molecule has 3 aromatic rings. The Morgan fingerprint density at radius 2 is 2.03 bits per heavy atom. The predicted octanol–water partition coefficient (Wildman–Crippen LogP) is 1.06. The van der Waals surface area contributed by atoms with E-state index < -0.39 is 30.0 Å². The molecule has 0 aliphatic carbocycles. The van der Waals surface area contributed by atoms with Crippen LogP contribution in [0.25, 0.3) is 16.9 Å². The van der Waals surface area contributed by atoms with Gasteiger partial charge in [-0.05, 0) is 6.07 Å². The van der Waals surface area contributed by atoms with Crippen molar-refractivity contribution in [3.63, 3.8) is 0 Å². The first-order chi connectivity index (χ1) is 14.8. The van der Waals surface area contributed by atoms with Crippen molar-refractivity contribution >= 4 is 5.91 Å². The van der Waals surface area contributed by atoms with Crippen LogP contribution in [-0.2, 0) is 11.8 Å². The Hall–Kier alpha value is -3.44. The van der Waals surface area contributed by atoms with Gasteiger partial charge in [-0.2, -0.15) is 14.9 Å². The van der Waals surface area contributed by atoms with Crippen molar-refractivity contribution in [3.05, 3.63) is 64.2 Å². The van der Waals surface area contributed by atoms with E-state index in [4.69, 9.17) is 4.74 Å². The van der Waals surface area contributed by atoms with Crippen molar-refractivity contribution < 1.29 is 23.4 Å². The van der Waals surface area contributed by atoms with Gasteiger partial charge in [-0.25, -0.2) is 8.78 Å². The molecule has 2 aromatic heterocycles. The number of carbonyl (C=O) groups is 1. The summed E-state index contributed by atoms with van der Waals surface area (Å²) in [6.07, 6.45) is -0.539. The quantitative estimate of drug-likeness (QED) is 0.625. The number of alkyl halides is 2. The van der Waals surface area contributed by atoms with E-state index in [1.165, 1.54) is 41.2 Å². The molecule has 0 bridgehead atoms. The van der Waals surface area contributed by atoms with Gasteiger partial charge in [0.15, 0.2) is 0 Å². The Labute approximate surface area is 174 Å². The summed E-state index contributed by atoms with van der Waals surface area (Å²) in [5.74, 6) is -0.704. The topological polar surface area (TPSA) is 111 Å². The summed E-state index contributed by atoms with van der Waals surface area (Å²) < 4.78 is 33.4. The van der Waals surface area contributed by atoms with Gasteiger partial charge in [0.1, 0.15) is 11.3 Å². The number of halogens is 2. The van der Waals surface area contributed by atoms with Crippen molar-refractivity contribution in [1.82, 2.24) is 24.9 Å². The standard InChI is InChI=1S/C20H19F2N5O4/c1-26-8-13(7-23-26)27-20(30)14(19(29)24-16-9-31-10-17(16)28)6-15(25-27)11-2-4-12(5-3-11)18(21)22/h2-8,16-18,28H,9-10H2,1H3,(H,24,29). The number of aryl methyl sites for hydroxylation is 1. The number of ether oxygens (including phenoxy) is 1. The average molecular weight is 431 g/mol. The van der Waals surface area contributed by atoms with E-state index in [1.807, 2.05) is 0 Å². The number of hydrogen-bond acceptors (Lipinski definition) is 6. The summed E-state index contributed by atoms with van der Waals surface area (Å²) in [5, 5.41) is 20.8. The van der Waals surface area contributed by atoms with Crippen LogP contribution in [0.5, 0.6) is 0 Å². The Morgan fingerprint density at radius 3 is 2.61 bits per heavy atom. The van der Waals surface area contributed by atoms with E-state index in [2.05, 4.69) is 15.5 Å². The molecule has 3 heterocycles. The van der Waals surface area contributed by atoms with Gasteiger partial charge in [0.05, 0.1) is 43.4 Å². The van der Waals surface area contributed by atoms with E-state index in [1.54, 1.807) is 13.2 Å². The van der Waals surface area contributed by atoms with E-state index in [0.29, 0.717) is 11.3 Å². The van der Waals surface area contributed by atoms with E-state index >= 15 is 0 Å². The molecule has 1 amide bonds. The summed E-state index contributed by atoms with van der Waals surface area (Å²) in [4.78, 5) is 25.9. The van der Waals surface area contributed by atoms with E-state index in [0.717, 1.165) is 4.68 Å². The highest BCUT2D eigenvalue weighted by atomic mass is 19.3. The third kappa shape index (κ3) is 4.23. The van der Waals surface area contributed by atoms with Crippen LogP contribution in [0.3, 0.4) is 0 Å². The number of benzene rings is 1. The number of amides is 1. The minimum atomic E-state index is -2.62. The molecule has 2 N–H and O–H groups in total. The Balaban J connectivity index is 1.78. The van der Waals surface area contributed by atoms with Gasteiger partial charge in [0, 0.05) is 18.2 Å². The molecular formula is C20H19F2N5O4. The normalized spacial score (nSPS) is 18.5. The van der Waals surface area contributed by atoms with Crippen LogP contribution in [0, 0.1) is 0 Å². The molecule has 31 heavy (non-hydrogen) atoms. The molecule has 0 saturated carbocycles. The molecule has 0 radical (unpaired) electrons. The average Bonchev–Trinajstić information content (AvgIpc) is 3.36. The first-order valence-corrected chi connectivity index (χ1v) is 9.42. The van der Waals surface area contributed by atoms with Crippen LogP contribution in [0.15, 0.2) is 47.5 Å². The largest absolute Gasteiger partial charge is 0.388 e. The first-order valence-electron chi connectivity index (χ1n) is 9.42. The maximum atomic E-state index is 13.0. The fourth-order valence-corrected chi connectivity index (χ4v) is 3.22. The number of rotatable bonds is 5. The van der Waals surface area contributed by atoms with Crippen LogP contribution in [-0.4, -0.2) is 55.9 Å².